The molecule has 1 fully saturated rings. The first-order valence-corrected chi connectivity index (χ1v) is 7.58. The van der Waals surface area contributed by atoms with Crippen molar-refractivity contribution in [3.63, 3.8) is 0 Å². The highest BCUT2D eigenvalue weighted by Gasteiger charge is 2.18. The summed E-state index contributed by atoms with van der Waals surface area (Å²) < 4.78 is 0. The minimum Gasteiger partial charge on any atom is -0.341 e. The molecule has 6 heteroatoms. The number of carbonyl (C=O) groups excluding carboxylic acids is 1. The highest BCUT2D eigenvalue weighted by atomic mass is 16.1. The third kappa shape index (κ3) is 3.46. The van der Waals surface area contributed by atoms with Gasteiger partial charge in [-0.1, -0.05) is 6.07 Å². The fraction of sp³-hybridized carbons (Fsp3) is 0.294. The van der Waals surface area contributed by atoms with Crippen LogP contribution in [0.25, 0.3) is 0 Å². The van der Waals surface area contributed by atoms with Crippen molar-refractivity contribution in [2.24, 2.45) is 0 Å². The van der Waals surface area contributed by atoms with Crippen molar-refractivity contribution in [3.05, 3.63) is 47.3 Å². The number of amides is 1. The zero-order chi connectivity index (χ0) is 16.2. The highest BCUT2D eigenvalue weighted by molar-refractivity contribution is 6.03. The maximum atomic E-state index is 12.4. The molecule has 1 aromatic carbocycles. The number of aromatic nitrogens is 2. The number of hydrogen-bond acceptors (Lipinski definition) is 5. The Balaban J connectivity index is 1.82. The van der Waals surface area contributed by atoms with Crippen molar-refractivity contribution in [1.29, 1.82) is 5.26 Å². The van der Waals surface area contributed by atoms with Gasteiger partial charge in [-0.15, -0.1) is 0 Å². The number of carbonyl (C=O) groups is 1. The minimum atomic E-state index is -0.300. The molecule has 0 spiro atoms. The normalized spacial score (nSPS) is 13.7. The number of rotatable bonds is 3. The van der Waals surface area contributed by atoms with E-state index in [9.17, 15) is 4.79 Å². The van der Waals surface area contributed by atoms with Crippen molar-refractivity contribution in [2.45, 2.75) is 19.8 Å². The second-order valence-corrected chi connectivity index (χ2v) is 5.54. The quantitative estimate of drug-likeness (QED) is 0.942. The maximum Gasteiger partial charge on any atom is 0.274 e. The molecule has 6 nitrogen and oxygen atoms in total. The van der Waals surface area contributed by atoms with E-state index in [4.69, 9.17) is 5.26 Å². The van der Waals surface area contributed by atoms with Crippen molar-refractivity contribution >= 4 is 17.5 Å². The van der Waals surface area contributed by atoms with E-state index in [-0.39, 0.29) is 5.91 Å². The molecule has 0 atom stereocenters. The smallest absolute Gasteiger partial charge is 0.274 e. The zero-order valence-electron chi connectivity index (χ0n) is 12.9. The summed E-state index contributed by atoms with van der Waals surface area (Å²) in [6.07, 6.45) is 2.25. The lowest BCUT2D eigenvalue weighted by Gasteiger charge is -2.16. The van der Waals surface area contributed by atoms with E-state index in [1.54, 1.807) is 30.3 Å². The van der Waals surface area contributed by atoms with E-state index in [0.717, 1.165) is 31.6 Å². The first kappa shape index (κ1) is 15.0. The van der Waals surface area contributed by atoms with Gasteiger partial charge in [0, 0.05) is 24.5 Å². The third-order valence-corrected chi connectivity index (χ3v) is 3.71. The standard InChI is InChI=1S/C17H17N5O/c1-12-9-15(21-17(19-12)22-7-2-3-8-22)16(23)20-14-6-4-5-13(10-14)11-18/h4-6,9-10H,2-3,7-8H2,1H3,(H,20,23). The number of nitrogens with one attached hydrogen (secondary N) is 1. The molecule has 1 aromatic heterocycles. The van der Waals surface area contributed by atoms with Crippen LogP contribution in [0.3, 0.4) is 0 Å². The van der Waals surface area contributed by atoms with Crippen LogP contribution < -0.4 is 10.2 Å². The Hall–Kier alpha value is -2.94. The molecule has 1 aliphatic rings. The van der Waals surface area contributed by atoms with Gasteiger partial charge in [0.25, 0.3) is 5.91 Å². The van der Waals surface area contributed by atoms with Gasteiger partial charge in [-0.25, -0.2) is 9.97 Å². The average molecular weight is 307 g/mol. The summed E-state index contributed by atoms with van der Waals surface area (Å²) in [6.45, 7) is 3.71. The summed E-state index contributed by atoms with van der Waals surface area (Å²) in [5, 5.41) is 11.7. The van der Waals surface area contributed by atoms with Crippen LogP contribution in [0.5, 0.6) is 0 Å². The van der Waals surface area contributed by atoms with E-state index in [2.05, 4.69) is 26.3 Å². The van der Waals surface area contributed by atoms with Crippen molar-refractivity contribution in [1.82, 2.24) is 9.97 Å². The molecule has 0 saturated carbocycles. The molecule has 3 rings (SSSR count). The van der Waals surface area contributed by atoms with Crippen molar-refractivity contribution in [2.75, 3.05) is 23.3 Å². The van der Waals surface area contributed by atoms with Gasteiger partial charge < -0.3 is 10.2 Å². The van der Waals surface area contributed by atoms with Crippen LogP contribution in [0.15, 0.2) is 30.3 Å². The summed E-state index contributed by atoms with van der Waals surface area (Å²) in [4.78, 5) is 23.3. The molecule has 0 aliphatic carbocycles. The fourth-order valence-electron chi connectivity index (χ4n) is 2.59. The largest absolute Gasteiger partial charge is 0.341 e. The average Bonchev–Trinajstić information content (AvgIpc) is 3.09. The number of nitrogens with zero attached hydrogens (tertiary/aromatic N) is 4. The first-order valence-electron chi connectivity index (χ1n) is 7.58. The van der Waals surface area contributed by atoms with Crippen LogP contribution >= 0.6 is 0 Å². The zero-order valence-corrected chi connectivity index (χ0v) is 12.9. The second-order valence-electron chi connectivity index (χ2n) is 5.54. The lowest BCUT2D eigenvalue weighted by molar-refractivity contribution is 0.102. The minimum absolute atomic E-state index is 0.300. The summed E-state index contributed by atoms with van der Waals surface area (Å²) in [6, 6.07) is 10.5. The number of nitriles is 1. The molecule has 116 valence electrons. The van der Waals surface area contributed by atoms with Crippen LogP contribution in [0.4, 0.5) is 11.6 Å². The van der Waals surface area contributed by atoms with Gasteiger partial charge in [0.05, 0.1) is 11.6 Å². The summed E-state index contributed by atoms with van der Waals surface area (Å²) in [5.41, 5.74) is 2.17. The Morgan fingerprint density at radius 3 is 2.78 bits per heavy atom. The number of aryl methyl sites for hydroxylation is 1. The Morgan fingerprint density at radius 2 is 2.04 bits per heavy atom. The SMILES string of the molecule is Cc1cc(C(=O)Nc2cccc(C#N)c2)nc(N2CCCC2)n1. The molecule has 2 aromatic rings. The predicted octanol–water partition coefficient (Wildman–Crippen LogP) is 2.51. The van der Waals surface area contributed by atoms with Gasteiger partial charge in [0.15, 0.2) is 0 Å². The summed E-state index contributed by atoms with van der Waals surface area (Å²) >= 11 is 0. The monoisotopic (exact) mass is 307 g/mol. The van der Waals surface area contributed by atoms with Crippen LogP contribution in [0, 0.1) is 18.3 Å². The predicted molar refractivity (Wildman–Crippen MR) is 87.3 cm³/mol. The van der Waals surface area contributed by atoms with Gasteiger partial charge in [-0.2, -0.15) is 5.26 Å². The van der Waals surface area contributed by atoms with Crippen LogP contribution in [-0.2, 0) is 0 Å². The topological polar surface area (TPSA) is 81.9 Å². The molecule has 2 heterocycles. The van der Waals surface area contributed by atoms with Crippen molar-refractivity contribution in [3.8, 4) is 6.07 Å². The van der Waals surface area contributed by atoms with Crippen LogP contribution in [0.1, 0.15) is 34.6 Å². The Morgan fingerprint density at radius 1 is 1.26 bits per heavy atom. The van der Waals surface area contributed by atoms with Gasteiger partial charge in [0.2, 0.25) is 5.95 Å². The molecule has 1 N–H and O–H groups in total. The molecule has 1 saturated heterocycles. The van der Waals surface area contributed by atoms with Gasteiger partial charge >= 0.3 is 0 Å². The van der Waals surface area contributed by atoms with Crippen molar-refractivity contribution < 1.29 is 4.79 Å². The third-order valence-electron chi connectivity index (χ3n) is 3.71. The molecule has 1 aliphatic heterocycles. The van der Waals surface area contributed by atoms with E-state index in [1.807, 2.05) is 6.92 Å². The summed E-state index contributed by atoms with van der Waals surface area (Å²) in [5.74, 6) is 0.310. The Kier molecular flexibility index (Phi) is 4.20. The fourth-order valence-corrected chi connectivity index (χ4v) is 2.59. The van der Waals surface area contributed by atoms with Gasteiger partial charge in [-0.3, -0.25) is 4.79 Å². The summed E-state index contributed by atoms with van der Waals surface area (Å²) in [7, 11) is 0. The van der Waals surface area contributed by atoms with E-state index < -0.39 is 0 Å². The molecule has 0 unspecified atom stereocenters. The lowest BCUT2D eigenvalue weighted by Crippen LogP contribution is -2.23. The maximum absolute atomic E-state index is 12.4. The molecular formula is C17H17N5O. The lowest BCUT2D eigenvalue weighted by atomic mass is 10.2. The van der Waals surface area contributed by atoms with Crippen LogP contribution in [-0.4, -0.2) is 29.0 Å². The van der Waals surface area contributed by atoms with E-state index >= 15 is 0 Å². The second kappa shape index (κ2) is 6.44. The molecular weight excluding hydrogens is 290 g/mol. The highest BCUT2D eigenvalue weighted by Crippen LogP contribution is 2.17. The van der Waals surface area contributed by atoms with Crippen LogP contribution in [0.2, 0.25) is 0 Å². The number of anilines is 2. The molecule has 0 radical (unpaired) electrons. The molecule has 1 amide bonds. The Labute approximate surface area is 134 Å². The van der Waals surface area contributed by atoms with Gasteiger partial charge in [-0.05, 0) is 44.0 Å². The Bertz CT molecular complexity index is 775. The molecule has 0 bridgehead atoms. The van der Waals surface area contributed by atoms with E-state index in [0.29, 0.717) is 22.9 Å². The number of benzene rings is 1. The van der Waals surface area contributed by atoms with E-state index in [1.165, 1.54) is 0 Å². The number of hydrogen-bond donors (Lipinski definition) is 1. The molecule has 23 heavy (non-hydrogen) atoms. The van der Waals surface area contributed by atoms with Gasteiger partial charge in [0.1, 0.15) is 5.69 Å². The first-order chi connectivity index (χ1) is 11.2.